The van der Waals surface area contributed by atoms with Crippen LogP contribution in [0, 0.1) is 17.4 Å². The average Bonchev–Trinajstić information content (AvgIpc) is 3.09. The molecule has 0 unspecified atom stereocenters. The number of hydrogen-bond acceptors (Lipinski definition) is 4. The first-order valence-corrected chi connectivity index (χ1v) is 9.32. The summed E-state index contributed by atoms with van der Waals surface area (Å²) in [5, 5.41) is 3.24. The van der Waals surface area contributed by atoms with Gasteiger partial charge in [-0.1, -0.05) is 12.8 Å². The van der Waals surface area contributed by atoms with Gasteiger partial charge in [0, 0.05) is 28.3 Å². The fourth-order valence-electron chi connectivity index (χ4n) is 3.07. The zero-order valence-corrected chi connectivity index (χ0v) is 15.6. The van der Waals surface area contributed by atoms with Crippen molar-refractivity contribution in [1.82, 2.24) is 9.97 Å². The average molecular weight is 413 g/mol. The second-order valence-electron chi connectivity index (χ2n) is 5.65. The molecule has 0 bridgehead atoms. The number of thiophene rings is 1. The third kappa shape index (κ3) is 2.95. The van der Waals surface area contributed by atoms with Crippen LogP contribution in [0.3, 0.4) is 0 Å². The van der Waals surface area contributed by atoms with Gasteiger partial charge in [-0.25, -0.2) is 9.97 Å². The third-order valence-electron chi connectivity index (χ3n) is 4.14. The molecule has 3 nitrogen and oxygen atoms in total. The van der Waals surface area contributed by atoms with Gasteiger partial charge in [0.05, 0.1) is 9.26 Å². The van der Waals surface area contributed by atoms with Crippen LogP contribution in [-0.2, 0) is 0 Å². The Morgan fingerprint density at radius 1 is 1.24 bits per heavy atom. The Kier molecular flexibility index (Phi) is 4.49. The van der Waals surface area contributed by atoms with Crippen LogP contribution in [0.4, 0.5) is 5.82 Å². The van der Waals surface area contributed by atoms with E-state index in [1.165, 1.54) is 50.3 Å². The van der Waals surface area contributed by atoms with Crippen molar-refractivity contribution in [3.63, 3.8) is 0 Å². The Morgan fingerprint density at radius 3 is 2.52 bits per heavy atom. The monoisotopic (exact) mass is 413 g/mol. The fraction of sp³-hybridized carbons (Fsp3) is 0.500. The number of nitrogens with zero attached hydrogens (tertiary/aromatic N) is 2. The van der Waals surface area contributed by atoms with Crippen LogP contribution < -0.4 is 5.32 Å². The normalized spacial score (nSPS) is 15.6. The lowest BCUT2D eigenvalue weighted by Gasteiger charge is -2.15. The van der Waals surface area contributed by atoms with E-state index in [2.05, 4.69) is 47.8 Å². The Labute approximate surface area is 143 Å². The summed E-state index contributed by atoms with van der Waals surface area (Å²) >= 11 is 4.21. The van der Waals surface area contributed by atoms with E-state index >= 15 is 0 Å². The van der Waals surface area contributed by atoms with Gasteiger partial charge in [0.15, 0.2) is 5.82 Å². The summed E-state index contributed by atoms with van der Waals surface area (Å²) in [6, 6.07) is 2.21. The van der Waals surface area contributed by atoms with E-state index in [0.717, 1.165) is 11.6 Å². The van der Waals surface area contributed by atoms with Crippen LogP contribution in [-0.4, -0.2) is 17.0 Å². The minimum Gasteiger partial charge on any atom is -0.372 e. The van der Waals surface area contributed by atoms with E-state index in [0.29, 0.717) is 5.92 Å². The quantitative estimate of drug-likeness (QED) is 0.710. The molecule has 2 heterocycles. The summed E-state index contributed by atoms with van der Waals surface area (Å²) in [7, 11) is 1.94. The van der Waals surface area contributed by atoms with Gasteiger partial charge in [-0.2, -0.15) is 0 Å². The molecule has 1 saturated carbocycles. The molecule has 2 aromatic rings. The predicted molar refractivity (Wildman–Crippen MR) is 98.3 cm³/mol. The Hall–Kier alpha value is -0.690. The number of hydrogen-bond donors (Lipinski definition) is 1. The molecule has 0 atom stereocenters. The van der Waals surface area contributed by atoms with Gasteiger partial charge in [-0.05, 0) is 55.3 Å². The minimum absolute atomic E-state index is 0.603. The molecule has 2 aromatic heterocycles. The molecule has 21 heavy (non-hydrogen) atoms. The number of aryl methyl sites for hydroxylation is 2. The summed E-state index contributed by atoms with van der Waals surface area (Å²) in [6.07, 6.45) is 5.17. The molecule has 0 aliphatic heterocycles. The predicted octanol–water partition coefficient (Wildman–Crippen LogP) is 5.13. The lowest BCUT2D eigenvalue weighted by Crippen LogP contribution is -2.08. The van der Waals surface area contributed by atoms with Crippen LogP contribution in [0.1, 0.15) is 47.0 Å². The molecule has 0 radical (unpaired) electrons. The second kappa shape index (κ2) is 6.20. The topological polar surface area (TPSA) is 37.8 Å². The number of nitrogens with one attached hydrogen (secondary N) is 1. The highest BCUT2D eigenvalue weighted by molar-refractivity contribution is 14.1. The smallest absolute Gasteiger partial charge is 0.162 e. The second-order valence-corrected chi connectivity index (χ2v) is 8.19. The molecular weight excluding hydrogens is 393 g/mol. The molecular formula is C16H20IN3S. The Balaban J connectivity index is 2.12. The van der Waals surface area contributed by atoms with Crippen LogP contribution in [0.15, 0.2) is 6.07 Å². The molecule has 5 heteroatoms. The first-order valence-electron chi connectivity index (χ1n) is 7.42. The third-order valence-corrected chi connectivity index (χ3v) is 6.17. The zero-order chi connectivity index (χ0) is 15.0. The molecule has 0 aromatic carbocycles. The van der Waals surface area contributed by atoms with Gasteiger partial charge in [-0.3, -0.25) is 0 Å². The van der Waals surface area contributed by atoms with Crippen LogP contribution in [0.2, 0.25) is 0 Å². The molecule has 0 saturated heterocycles. The molecule has 1 aliphatic carbocycles. The van der Waals surface area contributed by atoms with Crippen molar-refractivity contribution in [1.29, 1.82) is 0 Å². The Morgan fingerprint density at radius 2 is 1.95 bits per heavy atom. The van der Waals surface area contributed by atoms with Crippen molar-refractivity contribution in [3.8, 4) is 11.4 Å². The summed E-state index contributed by atoms with van der Waals surface area (Å²) in [4.78, 5) is 12.3. The lowest BCUT2D eigenvalue weighted by atomic mass is 10.0. The van der Waals surface area contributed by atoms with Crippen molar-refractivity contribution in [2.45, 2.75) is 45.4 Å². The van der Waals surface area contributed by atoms with E-state index in [-0.39, 0.29) is 0 Å². The Bertz CT molecular complexity index is 660. The highest BCUT2D eigenvalue weighted by Gasteiger charge is 2.24. The fourth-order valence-corrected chi connectivity index (χ4v) is 4.94. The SMILES string of the molecule is CNc1nc(-c2cc(C)sc2C)nc(C2CCCC2)c1I. The maximum absolute atomic E-state index is 4.96. The molecule has 0 spiro atoms. The maximum Gasteiger partial charge on any atom is 0.162 e. The summed E-state index contributed by atoms with van der Waals surface area (Å²) < 4.78 is 1.19. The zero-order valence-electron chi connectivity index (χ0n) is 12.7. The van der Waals surface area contributed by atoms with E-state index < -0.39 is 0 Å². The molecule has 3 rings (SSSR count). The highest BCUT2D eigenvalue weighted by Crippen LogP contribution is 2.38. The van der Waals surface area contributed by atoms with E-state index in [4.69, 9.17) is 9.97 Å². The molecule has 0 amide bonds. The van der Waals surface area contributed by atoms with Crippen LogP contribution >= 0.6 is 33.9 Å². The summed E-state index contributed by atoms with van der Waals surface area (Å²) in [5.41, 5.74) is 2.43. The van der Waals surface area contributed by atoms with Crippen LogP contribution in [0.5, 0.6) is 0 Å². The number of aromatic nitrogens is 2. The van der Waals surface area contributed by atoms with Gasteiger partial charge in [0.2, 0.25) is 0 Å². The van der Waals surface area contributed by atoms with E-state index in [9.17, 15) is 0 Å². The van der Waals surface area contributed by atoms with Crippen molar-refractivity contribution in [2.75, 3.05) is 12.4 Å². The van der Waals surface area contributed by atoms with Gasteiger partial charge in [0.1, 0.15) is 5.82 Å². The first kappa shape index (κ1) is 15.2. The maximum atomic E-state index is 4.96. The van der Waals surface area contributed by atoms with Crippen LogP contribution in [0.25, 0.3) is 11.4 Å². The van der Waals surface area contributed by atoms with Crippen molar-refractivity contribution in [3.05, 3.63) is 25.1 Å². The van der Waals surface area contributed by atoms with Gasteiger partial charge in [-0.15, -0.1) is 11.3 Å². The van der Waals surface area contributed by atoms with Gasteiger partial charge < -0.3 is 5.32 Å². The van der Waals surface area contributed by atoms with Crippen molar-refractivity contribution in [2.24, 2.45) is 0 Å². The largest absolute Gasteiger partial charge is 0.372 e. The van der Waals surface area contributed by atoms with Gasteiger partial charge >= 0.3 is 0 Å². The number of anilines is 1. The van der Waals surface area contributed by atoms with Gasteiger partial charge in [0.25, 0.3) is 0 Å². The van der Waals surface area contributed by atoms with E-state index in [1.54, 1.807) is 0 Å². The molecule has 1 aliphatic rings. The first-order chi connectivity index (χ1) is 10.1. The van der Waals surface area contributed by atoms with Crippen molar-refractivity contribution < 1.29 is 0 Å². The standard InChI is InChI=1S/C16H20IN3S/c1-9-8-12(10(2)21-9)15-19-14(11-6-4-5-7-11)13(17)16(18-3)20-15/h8,11H,4-7H2,1-3H3,(H,18,19,20). The van der Waals surface area contributed by atoms with E-state index in [1.807, 2.05) is 18.4 Å². The molecule has 1 fully saturated rings. The summed E-state index contributed by atoms with van der Waals surface area (Å²) in [6.45, 7) is 4.30. The number of halogens is 1. The lowest BCUT2D eigenvalue weighted by molar-refractivity contribution is 0.691. The number of rotatable bonds is 3. The highest BCUT2D eigenvalue weighted by atomic mass is 127. The summed E-state index contributed by atoms with van der Waals surface area (Å²) in [5.74, 6) is 2.44. The minimum atomic E-state index is 0.603. The molecule has 112 valence electrons. The van der Waals surface area contributed by atoms with Crippen molar-refractivity contribution >= 4 is 39.7 Å². The molecule has 1 N–H and O–H groups in total.